The van der Waals surface area contributed by atoms with Crippen LogP contribution in [0.4, 0.5) is 0 Å². The first-order valence-electron chi connectivity index (χ1n) is 8.93. The molecule has 2 heterocycles. The minimum Gasteiger partial charge on any atom is -0.493 e. The molecule has 2 aromatic carbocycles. The number of fused-ring (bicyclic) bond motifs is 1. The summed E-state index contributed by atoms with van der Waals surface area (Å²) in [7, 11) is 3.21. The van der Waals surface area contributed by atoms with Crippen molar-refractivity contribution in [1.82, 2.24) is 9.47 Å². The molecule has 0 radical (unpaired) electrons. The Morgan fingerprint density at radius 1 is 0.963 bits per heavy atom. The largest absolute Gasteiger partial charge is 0.493 e. The summed E-state index contributed by atoms with van der Waals surface area (Å²) in [6, 6.07) is 15.6. The van der Waals surface area contributed by atoms with Crippen LogP contribution in [0.1, 0.15) is 10.5 Å². The van der Waals surface area contributed by atoms with E-state index in [1.807, 2.05) is 58.0 Å². The maximum absolute atomic E-state index is 13.2. The Morgan fingerprint density at radius 3 is 2.44 bits per heavy atom. The predicted molar refractivity (Wildman–Crippen MR) is 103 cm³/mol. The number of nitrogens with zero attached hydrogens (tertiary/aromatic N) is 2. The number of rotatable bonds is 4. The van der Waals surface area contributed by atoms with E-state index in [-0.39, 0.29) is 5.91 Å². The van der Waals surface area contributed by atoms with Crippen LogP contribution in [-0.4, -0.2) is 55.9 Å². The molecular formula is C21H22N2O4. The highest BCUT2D eigenvalue weighted by molar-refractivity contribution is 6.00. The molecule has 27 heavy (non-hydrogen) atoms. The minimum atomic E-state index is 0.00397. The standard InChI is InChI=1S/C21H22N2O4/c1-25-19-8-7-16(14-20(19)26-2)23-17-6-4-3-5-15(17)13-18(23)21(24)22-9-11-27-12-10-22/h3-8,13-14H,9-12H2,1-2H3. The number of para-hydroxylation sites is 1. The fraction of sp³-hybridized carbons (Fsp3) is 0.286. The number of amides is 1. The molecule has 1 aliphatic rings. The van der Waals surface area contributed by atoms with Gasteiger partial charge in [-0.05, 0) is 24.3 Å². The van der Waals surface area contributed by atoms with Crippen LogP contribution in [0, 0.1) is 0 Å². The van der Waals surface area contributed by atoms with E-state index in [0.717, 1.165) is 16.6 Å². The van der Waals surface area contributed by atoms with E-state index in [4.69, 9.17) is 14.2 Å². The maximum atomic E-state index is 13.2. The highest BCUT2D eigenvalue weighted by atomic mass is 16.5. The Labute approximate surface area is 157 Å². The average Bonchev–Trinajstić information content (AvgIpc) is 3.12. The summed E-state index contributed by atoms with van der Waals surface area (Å²) in [5, 5.41) is 1.02. The van der Waals surface area contributed by atoms with Crippen molar-refractivity contribution in [2.24, 2.45) is 0 Å². The Balaban J connectivity index is 1.87. The molecular weight excluding hydrogens is 344 g/mol. The third-order valence-electron chi connectivity index (χ3n) is 4.85. The van der Waals surface area contributed by atoms with Crippen molar-refractivity contribution in [2.45, 2.75) is 0 Å². The van der Waals surface area contributed by atoms with Gasteiger partial charge in [0.1, 0.15) is 5.69 Å². The van der Waals surface area contributed by atoms with Crippen molar-refractivity contribution < 1.29 is 19.0 Å². The van der Waals surface area contributed by atoms with Gasteiger partial charge in [-0.1, -0.05) is 18.2 Å². The third kappa shape index (κ3) is 3.13. The second-order valence-electron chi connectivity index (χ2n) is 6.37. The lowest BCUT2D eigenvalue weighted by Crippen LogP contribution is -2.41. The highest BCUT2D eigenvalue weighted by Gasteiger charge is 2.24. The van der Waals surface area contributed by atoms with Crippen molar-refractivity contribution in [2.75, 3.05) is 40.5 Å². The summed E-state index contributed by atoms with van der Waals surface area (Å²) in [6.07, 6.45) is 0. The van der Waals surface area contributed by atoms with E-state index in [0.29, 0.717) is 43.5 Å². The zero-order chi connectivity index (χ0) is 18.8. The van der Waals surface area contributed by atoms with Crippen molar-refractivity contribution in [3.05, 3.63) is 54.2 Å². The second kappa shape index (κ2) is 7.32. The second-order valence-corrected chi connectivity index (χ2v) is 6.37. The van der Waals surface area contributed by atoms with E-state index in [2.05, 4.69) is 0 Å². The van der Waals surface area contributed by atoms with Gasteiger partial charge in [-0.2, -0.15) is 0 Å². The molecule has 3 aromatic rings. The van der Waals surface area contributed by atoms with E-state index < -0.39 is 0 Å². The molecule has 4 rings (SSSR count). The Kier molecular flexibility index (Phi) is 4.73. The molecule has 0 atom stereocenters. The number of ether oxygens (including phenoxy) is 3. The van der Waals surface area contributed by atoms with Crippen molar-refractivity contribution >= 4 is 16.8 Å². The number of hydrogen-bond acceptors (Lipinski definition) is 4. The third-order valence-corrected chi connectivity index (χ3v) is 4.85. The van der Waals surface area contributed by atoms with E-state index in [9.17, 15) is 4.79 Å². The number of benzene rings is 2. The number of carbonyl (C=O) groups excluding carboxylic acids is 1. The topological polar surface area (TPSA) is 52.9 Å². The van der Waals surface area contributed by atoms with Crippen LogP contribution in [0.2, 0.25) is 0 Å². The average molecular weight is 366 g/mol. The Hall–Kier alpha value is -2.99. The van der Waals surface area contributed by atoms with Crippen LogP contribution in [0.15, 0.2) is 48.5 Å². The Morgan fingerprint density at radius 2 is 1.70 bits per heavy atom. The van der Waals surface area contributed by atoms with Crippen LogP contribution in [0.3, 0.4) is 0 Å². The normalized spacial score (nSPS) is 14.4. The van der Waals surface area contributed by atoms with E-state index >= 15 is 0 Å². The van der Waals surface area contributed by atoms with Gasteiger partial charge in [-0.3, -0.25) is 4.79 Å². The molecule has 6 heteroatoms. The van der Waals surface area contributed by atoms with Crippen LogP contribution < -0.4 is 9.47 Å². The number of aromatic nitrogens is 1. The zero-order valence-corrected chi connectivity index (χ0v) is 15.5. The fourth-order valence-electron chi connectivity index (χ4n) is 3.48. The lowest BCUT2D eigenvalue weighted by molar-refractivity contribution is 0.0298. The number of hydrogen-bond donors (Lipinski definition) is 0. The molecule has 0 bridgehead atoms. The minimum absolute atomic E-state index is 0.00397. The predicted octanol–water partition coefficient (Wildman–Crippen LogP) is 3.12. The van der Waals surface area contributed by atoms with Crippen molar-refractivity contribution in [3.8, 4) is 17.2 Å². The molecule has 1 aromatic heterocycles. The molecule has 6 nitrogen and oxygen atoms in total. The molecule has 0 N–H and O–H groups in total. The molecule has 1 amide bonds. The maximum Gasteiger partial charge on any atom is 0.271 e. The number of morpholine rings is 1. The van der Waals surface area contributed by atoms with Gasteiger partial charge in [-0.25, -0.2) is 0 Å². The molecule has 1 saturated heterocycles. The van der Waals surface area contributed by atoms with Gasteiger partial charge < -0.3 is 23.7 Å². The molecule has 140 valence electrons. The van der Waals surface area contributed by atoms with Gasteiger partial charge in [0, 0.05) is 24.5 Å². The molecule has 1 aliphatic heterocycles. The highest BCUT2D eigenvalue weighted by Crippen LogP contribution is 2.32. The molecule has 1 fully saturated rings. The summed E-state index contributed by atoms with van der Waals surface area (Å²) >= 11 is 0. The summed E-state index contributed by atoms with van der Waals surface area (Å²) in [5.41, 5.74) is 2.46. The summed E-state index contributed by atoms with van der Waals surface area (Å²) in [4.78, 5) is 15.1. The van der Waals surface area contributed by atoms with Crippen LogP contribution >= 0.6 is 0 Å². The van der Waals surface area contributed by atoms with Crippen molar-refractivity contribution in [3.63, 3.8) is 0 Å². The lowest BCUT2D eigenvalue weighted by atomic mass is 10.2. The first-order chi connectivity index (χ1) is 13.2. The smallest absolute Gasteiger partial charge is 0.271 e. The van der Waals surface area contributed by atoms with Gasteiger partial charge in [0.15, 0.2) is 11.5 Å². The van der Waals surface area contributed by atoms with Crippen molar-refractivity contribution in [1.29, 1.82) is 0 Å². The molecule has 0 unspecified atom stereocenters. The number of carbonyl (C=O) groups is 1. The SMILES string of the molecule is COc1ccc(-n2c(C(=O)N3CCOCC3)cc3ccccc32)cc1OC. The quantitative estimate of drug-likeness (QED) is 0.712. The van der Waals surface area contributed by atoms with Crippen LogP contribution in [0.25, 0.3) is 16.6 Å². The molecule has 0 aliphatic carbocycles. The number of methoxy groups -OCH3 is 2. The van der Waals surface area contributed by atoms with Gasteiger partial charge >= 0.3 is 0 Å². The van der Waals surface area contributed by atoms with Gasteiger partial charge in [0.2, 0.25) is 0 Å². The molecule has 0 saturated carbocycles. The van der Waals surface area contributed by atoms with Gasteiger partial charge in [-0.15, -0.1) is 0 Å². The van der Waals surface area contributed by atoms with Crippen LogP contribution in [-0.2, 0) is 4.74 Å². The molecule has 0 spiro atoms. The van der Waals surface area contributed by atoms with E-state index in [1.165, 1.54) is 0 Å². The van der Waals surface area contributed by atoms with E-state index in [1.54, 1.807) is 14.2 Å². The first kappa shape index (κ1) is 17.4. The Bertz CT molecular complexity index is 973. The summed E-state index contributed by atoms with van der Waals surface area (Å²) < 4.78 is 18.2. The summed E-state index contributed by atoms with van der Waals surface area (Å²) in [5.74, 6) is 1.28. The van der Waals surface area contributed by atoms with Gasteiger partial charge in [0.25, 0.3) is 5.91 Å². The fourth-order valence-corrected chi connectivity index (χ4v) is 3.48. The lowest BCUT2D eigenvalue weighted by Gasteiger charge is -2.27. The monoisotopic (exact) mass is 366 g/mol. The zero-order valence-electron chi connectivity index (χ0n) is 15.5. The van der Waals surface area contributed by atoms with Gasteiger partial charge in [0.05, 0.1) is 38.6 Å². The van der Waals surface area contributed by atoms with Crippen LogP contribution in [0.5, 0.6) is 11.5 Å². The summed E-state index contributed by atoms with van der Waals surface area (Å²) in [6.45, 7) is 2.35. The first-order valence-corrected chi connectivity index (χ1v) is 8.93.